The predicted molar refractivity (Wildman–Crippen MR) is 69.4 cm³/mol. The van der Waals surface area contributed by atoms with Crippen LogP contribution in [0.25, 0.3) is 0 Å². The van der Waals surface area contributed by atoms with E-state index in [0.717, 1.165) is 12.2 Å². The smallest absolute Gasteiger partial charge is 0.119 e. The van der Waals surface area contributed by atoms with E-state index < -0.39 is 0 Å². The fraction of sp³-hybridized carbons (Fsp3) is 0.600. The second kappa shape index (κ2) is 5.09. The van der Waals surface area contributed by atoms with Gasteiger partial charge in [-0.15, -0.1) is 0 Å². The molecule has 2 nitrogen and oxygen atoms in total. The summed E-state index contributed by atoms with van der Waals surface area (Å²) in [5, 5.41) is 3.59. The van der Waals surface area contributed by atoms with Gasteiger partial charge in [0.2, 0.25) is 0 Å². The molecule has 3 rings (SSSR count). The van der Waals surface area contributed by atoms with Crippen LogP contribution >= 0.6 is 0 Å². The Bertz CT molecular complexity index is 350. The Labute approximate surface area is 103 Å². The summed E-state index contributed by atoms with van der Waals surface area (Å²) in [7, 11) is 0. The highest BCUT2D eigenvalue weighted by molar-refractivity contribution is 5.28. The van der Waals surface area contributed by atoms with Crippen LogP contribution in [0.3, 0.4) is 0 Å². The van der Waals surface area contributed by atoms with Gasteiger partial charge in [-0.3, -0.25) is 0 Å². The Morgan fingerprint density at radius 2 is 1.88 bits per heavy atom. The summed E-state index contributed by atoms with van der Waals surface area (Å²) in [6.45, 7) is 1.19. The van der Waals surface area contributed by atoms with Crippen molar-refractivity contribution in [2.45, 2.75) is 50.7 Å². The molecule has 1 aromatic carbocycles. The van der Waals surface area contributed by atoms with Crippen LogP contribution in [0.2, 0.25) is 0 Å². The Hall–Kier alpha value is -1.02. The quantitative estimate of drug-likeness (QED) is 0.860. The summed E-state index contributed by atoms with van der Waals surface area (Å²) in [5.41, 5.74) is 1.42. The first-order valence-electron chi connectivity index (χ1n) is 6.89. The molecule has 1 saturated heterocycles. The zero-order valence-electron chi connectivity index (χ0n) is 10.3. The van der Waals surface area contributed by atoms with Crippen LogP contribution in [0, 0.1) is 0 Å². The summed E-state index contributed by atoms with van der Waals surface area (Å²) in [6, 6.07) is 9.36. The van der Waals surface area contributed by atoms with Gasteiger partial charge in [0.15, 0.2) is 0 Å². The average Bonchev–Trinajstić information content (AvgIpc) is 3.17. The molecule has 1 unspecified atom stereocenters. The molecule has 17 heavy (non-hydrogen) atoms. The van der Waals surface area contributed by atoms with Crippen molar-refractivity contribution in [2.75, 3.05) is 6.54 Å². The normalized spacial score (nSPS) is 24.6. The molecule has 1 saturated carbocycles. The predicted octanol–water partition coefficient (Wildman–Crippen LogP) is 2.91. The summed E-state index contributed by atoms with van der Waals surface area (Å²) in [6.07, 6.45) is 8.15. The van der Waals surface area contributed by atoms with E-state index >= 15 is 0 Å². The van der Waals surface area contributed by atoms with Crippen LogP contribution in [-0.2, 0) is 6.42 Å². The monoisotopic (exact) mass is 231 g/mol. The van der Waals surface area contributed by atoms with Gasteiger partial charge in [0.25, 0.3) is 0 Å². The van der Waals surface area contributed by atoms with E-state index in [2.05, 4.69) is 29.6 Å². The lowest BCUT2D eigenvalue weighted by atomic mass is 9.98. The van der Waals surface area contributed by atoms with Crippen LogP contribution in [0.5, 0.6) is 5.75 Å². The Kier molecular flexibility index (Phi) is 3.32. The molecule has 0 spiro atoms. The summed E-state index contributed by atoms with van der Waals surface area (Å²) in [4.78, 5) is 0. The number of benzene rings is 1. The molecular formula is C15H21NO. The summed E-state index contributed by atoms with van der Waals surface area (Å²) < 4.78 is 5.75. The van der Waals surface area contributed by atoms with Crippen molar-refractivity contribution in [2.24, 2.45) is 0 Å². The van der Waals surface area contributed by atoms with Gasteiger partial charge in [0.1, 0.15) is 5.75 Å². The molecule has 1 atom stereocenters. The molecule has 2 heteroatoms. The zero-order valence-corrected chi connectivity index (χ0v) is 10.3. The van der Waals surface area contributed by atoms with Gasteiger partial charge in [-0.25, -0.2) is 0 Å². The first kappa shape index (κ1) is 11.1. The third-order valence-electron chi connectivity index (χ3n) is 3.64. The third-order valence-corrected chi connectivity index (χ3v) is 3.64. The first-order chi connectivity index (χ1) is 8.40. The highest BCUT2D eigenvalue weighted by atomic mass is 16.5. The maximum absolute atomic E-state index is 5.75. The third kappa shape index (κ3) is 3.22. The minimum Gasteiger partial charge on any atom is -0.490 e. The van der Waals surface area contributed by atoms with Gasteiger partial charge in [0, 0.05) is 6.04 Å². The van der Waals surface area contributed by atoms with E-state index in [0.29, 0.717) is 12.1 Å². The molecule has 0 amide bonds. The molecule has 0 radical (unpaired) electrons. The molecule has 1 heterocycles. The molecule has 2 aliphatic rings. The SMILES string of the molecule is c1cc(OC2CC2)ccc1CC1CCCCN1. The average molecular weight is 231 g/mol. The Balaban J connectivity index is 1.55. The minimum atomic E-state index is 0.501. The maximum atomic E-state index is 5.75. The van der Waals surface area contributed by atoms with Gasteiger partial charge in [-0.1, -0.05) is 18.6 Å². The number of nitrogens with one attached hydrogen (secondary N) is 1. The van der Waals surface area contributed by atoms with Crippen molar-refractivity contribution in [1.82, 2.24) is 5.32 Å². The number of hydrogen-bond acceptors (Lipinski definition) is 2. The van der Waals surface area contributed by atoms with Crippen molar-refractivity contribution >= 4 is 0 Å². The fourth-order valence-corrected chi connectivity index (χ4v) is 2.47. The van der Waals surface area contributed by atoms with E-state index in [1.54, 1.807) is 0 Å². The molecule has 1 aliphatic heterocycles. The van der Waals surface area contributed by atoms with E-state index in [1.165, 1.54) is 44.2 Å². The fourth-order valence-electron chi connectivity index (χ4n) is 2.47. The first-order valence-corrected chi connectivity index (χ1v) is 6.89. The van der Waals surface area contributed by atoms with Crippen molar-refractivity contribution in [3.05, 3.63) is 29.8 Å². The highest BCUT2D eigenvalue weighted by Gasteiger charge is 2.23. The number of hydrogen-bond donors (Lipinski definition) is 1. The van der Waals surface area contributed by atoms with E-state index in [4.69, 9.17) is 4.74 Å². The topological polar surface area (TPSA) is 21.3 Å². The molecule has 0 bridgehead atoms. The number of rotatable bonds is 4. The molecule has 2 fully saturated rings. The van der Waals surface area contributed by atoms with Gasteiger partial charge >= 0.3 is 0 Å². The lowest BCUT2D eigenvalue weighted by Gasteiger charge is -2.23. The molecule has 1 aromatic rings. The Morgan fingerprint density at radius 3 is 2.53 bits per heavy atom. The molecular weight excluding hydrogens is 210 g/mol. The van der Waals surface area contributed by atoms with Crippen LogP contribution in [0.15, 0.2) is 24.3 Å². The lowest BCUT2D eigenvalue weighted by molar-refractivity contribution is 0.303. The van der Waals surface area contributed by atoms with Crippen molar-refractivity contribution in [3.8, 4) is 5.75 Å². The second-order valence-electron chi connectivity index (χ2n) is 5.31. The maximum Gasteiger partial charge on any atom is 0.119 e. The van der Waals surface area contributed by atoms with Crippen LogP contribution in [0.4, 0.5) is 0 Å². The highest BCUT2D eigenvalue weighted by Crippen LogP contribution is 2.27. The summed E-state index contributed by atoms with van der Waals surface area (Å²) >= 11 is 0. The number of ether oxygens (including phenoxy) is 1. The molecule has 1 N–H and O–H groups in total. The van der Waals surface area contributed by atoms with E-state index in [9.17, 15) is 0 Å². The van der Waals surface area contributed by atoms with Crippen LogP contribution in [-0.4, -0.2) is 18.7 Å². The summed E-state index contributed by atoms with van der Waals surface area (Å²) in [5.74, 6) is 1.04. The van der Waals surface area contributed by atoms with Crippen molar-refractivity contribution in [1.29, 1.82) is 0 Å². The largest absolute Gasteiger partial charge is 0.490 e. The lowest BCUT2D eigenvalue weighted by Crippen LogP contribution is -2.35. The zero-order chi connectivity index (χ0) is 11.5. The van der Waals surface area contributed by atoms with E-state index in [-0.39, 0.29) is 0 Å². The van der Waals surface area contributed by atoms with E-state index in [1.807, 2.05) is 0 Å². The van der Waals surface area contributed by atoms with Gasteiger partial charge in [-0.05, 0) is 56.3 Å². The van der Waals surface area contributed by atoms with Crippen molar-refractivity contribution in [3.63, 3.8) is 0 Å². The molecule has 92 valence electrons. The van der Waals surface area contributed by atoms with Gasteiger partial charge in [-0.2, -0.15) is 0 Å². The number of piperidine rings is 1. The van der Waals surface area contributed by atoms with Crippen LogP contribution in [0.1, 0.15) is 37.7 Å². The second-order valence-corrected chi connectivity index (χ2v) is 5.31. The molecule has 1 aliphatic carbocycles. The van der Waals surface area contributed by atoms with Crippen molar-refractivity contribution < 1.29 is 4.74 Å². The standard InChI is InChI=1S/C15H21NO/c1-2-10-16-13(3-1)11-12-4-6-14(7-5-12)17-15-8-9-15/h4-7,13,15-16H,1-3,8-11H2. The minimum absolute atomic E-state index is 0.501. The Morgan fingerprint density at radius 1 is 1.06 bits per heavy atom. The molecule has 0 aromatic heterocycles. The van der Waals surface area contributed by atoms with Crippen LogP contribution < -0.4 is 10.1 Å². The van der Waals surface area contributed by atoms with Gasteiger partial charge in [0.05, 0.1) is 6.10 Å². The van der Waals surface area contributed by atoms with Gasteiger partial charge < -0.3 is 10.1 Å².